The maximum absolute atomic E-state index is 12.8. The number of hydrogen-bond donors (Lipinski definition) is 2. The van der Waals surface area contributed by atoms with E-state index in [2.05, 4.69) is 14.7 Å². The Morgan fingerprint density at radius 1 is 1.07 bits per heavy atom. The highest BCUT2D eigenvalue weighted by Crippen LogP contribution is 2.31. The van der Waals surface area contributed by atoms with Crippen molar-refractivity contribution in [2.45, 2.75) is 15.7 Å². The maximum atomic E-state index is 12.8. The van der Waals surface area contributed by atoms with Crippen molar-refractivity contribution in [3.05, 3.63) is 71.8 Å². The molecule has 4 rings (SSSR count). The predicted octanol–water partition coefficient (Wildman–Crippen LogP) is 3.58. The number of fused-ring (bicyclic) bond motifs is 1. The van der Waals surface area contributed by atoms with E-state index in [0.29, 0.717) is 16.7 Å². The minimum atomic E-state index is -4.20. The molecule has 0 radical (unpaired) electrons. The number of rotatable bonds is 6. The summed E-state index contributed by atoms with van der Waals surface area (Å²) in [5.74, 6) is -0.381. The number of aromatic nitrogens is 2. The van der Waals surface area contributed by atoms with Crippen LogP contribution in [0, 0.1) is 0 Å². The highest BCUT2D eigenvalue weighted by molar-refractivity contribution is 7.93. The van der Waals surface area contributed by atoms with Gasteiger partial charge in [-0.05, 0) is 24.3 Å². The van der Waals surface area contributed by atoms with Crippen LogP contribution in [-0.4, -0.2) is 26.8 Å². The van der Waals surface area contributed by atoms with Gasteiger partial charge in [0.15, 0.2) is 9.84 Å². The van der Waals surface area contributed by atoms with Crippen molar-refractivity contribution < 1.29 is 21.3 Å². The first kappa shape index (κ1) is 19.5. The SMILES string of the molecule is O=S(=O)(Cc1cnc[nH]1)c1ccc(Cl)cc1NS(=O)(=O)c1cc2ccccc2o1. The van der Waals surface area contributed by atoms with E-state index in [9.17, 15) is 16.8 Å². The zero-order valence-corrected chi connectivity index (χ0v) is 17.1. The molecule has 2 heterocycles. The third-order valence-corrected chi connectivity index (χ3v) is 7.26. The van der Waals surface area contributed by atoms with E-state index in [1.54, 1.807) is 24.3 Å². The summed E-state index contributed by atoms with van der Waals surface area (Å²) in [5, 5.41) is 0.439. The van der Waals surface area contributed by atoms with Crippen LogP contribution in [0.3, 0.4) is 0 Å². The molecule has 2 N–H and O–H groups in total. The second-order valence-electron chi connectivity index (χ2n) is 6.19. The van der Waals surface area contributed by atoms with Crippen LogP contribution < -0.4 is 4.72 Å². The molecule has 0 aliphatic heterocycles. The molecule has 0 amide bonds. The standard InChI is InChI=1S/C18H14ClN3O5S2/c19-13-5-6-17(28(23,24)10-14-9-20-11-21-14)15(8-13)22-29(25,26)18-7-12-3-1-2-4-16(12)27-18/h1-9,11,22H,10H2,(H,20,21). The lowest BCUT2D eigenvalue weighted by Gasteiger charge is -2.12. The average molecular weight is 452 g/mol. The van der Waals surface area contributed by atoms with Crippen LogP contribution >= 0.6 is 11.6 Å². The largest absolute Gasteiger partial charge is 0.443 e. The molecule has 4 aromatic rings. The minimum Gasteiger partial charge on any atom is -0.443 e. The van der Waals surface area contributed by atoms with Crippen molar-refractivity contribution in [1.82, 2.24) is 9.97 Å². The number of halogens is 1. The Labute approximate surface area is 171 Å². The third-order valence-electron chi connectivity index (χ3n) is 4.09. The van der Waals surface area contributed by atoms with E-state index in [1.807, 2.05) is 0 Å². The fraction of sp³-hybridized carbons (Fsp3) is 0.0556. The summed E-state index contributed by atoms with van der Waals surface area (Å²) in [5.41, 5.74) is 0.592. The van der Waals surface area contributed by atoms with E-state index in [-0.39, 0.29) is 26.5 Å². The van der Waals surface area contributed by atoms with Gasteiger partial charge in [-0.3, -0.25) is 4.72 Å². The van der Waals surface area contributed by atoms with Gasteiger partial charge >= 0.3 is 0 Å². The Balaban J connectivity index is 1.74. The summed E-state index contributed by atoms with van der Waals surface area (Å²) < 4.78 is 59.0. The molecular formula is C18H14ClN3O5S2. The molecular weight excluding hydrogens is 438 g/mol. The number of benzene rings is 2. The van der Waals surface area contributed by atoms with Gasteiger partial charge in [0.2, 0.25) is 5.09 Å². The normalized spacial score (nSPS) is 12.3. The molecule has 11 heteroatoms. The number of nitrogens with zero attached hydrogens (tertiary/aromatic N) is 1. The van der Waals surface area contributed by atoms with Crippen molar-refractivity contribution in [3.63, 3.8) is 0 Å². The smallest absolute Gasteiger partial charge is 0.295 e. The third kappa shape index (κ3) is 4.00. The zero-order valence-electron chi connectivity index (χ0n) is 14.7. The molecule has 29 heavy (non-hydrogen) atoms. The average Bonchev–Trinajstić information content (AvgIpc) is 3.30. The fourth-order valence-electron chi connectivity index (χ4n) is 2.78. The van der Waals surface area contributed by atoms with Crippen molar-refractivity contribution in [2.75, 3.05) is 4.72 Å². The molecule has 0 spiro atoms. The van der Waals surface area contributed by atoms with E-state index < -0.39 is 19.9 Å². The fourth-order valence-corrected chi connectivity index (χ4v) is 5.50. The molecule has 0 unspecified atom stereocenters. The molecule has 0 atom stereocenters. The van der Waals surface area contributed by atoms with Crippen molar-refractivity contribution in [3.8, 4) is 0 Å². The van der Waals surface area contributed by atoms with Crippen LogP contribution in [0.25, 0.3) is 11.0 Å². The lowest BCUT2D eigenvalue weighted by atomic mass is 10.3. The van der Waals surface area contributed by atoms with Gasteiger partial charge in [-0.25, -0.2) is 13.4 Å². The number of hydrogen-bond acceptors (Lipinski definition) is 6. The van der Waals surface area contributed by atoms with E-state index in [1.165, 1.54) is 36.8 Å². The summed E-state index contributed by atoms with van der Waals surface area (Å²) in [6, 6.07) is 12.0. The van der Waals surface area contributed by atoms with Gasteiger partial charge in [0, 0.05) is 22.7 Å². The van der Waals surface area contributed by atoms with E-state index in [0.717, 1.165) is 0 Å². The molecule has 0 aliphatic carbocycles. The van der Waals surface area contributed by atoms with Crippen LogP contribution in [0.1, 0.15) is 5.69 Å². The second-order valence-corrected chi connectivity index (χ2v) is 10.2. The first-order valence-electron chi connectivity index (χ1n) is 8.25. The van der Waals surface area contributed by atoms with Crippen LogP contribution in [0.5, 0.6) is 0 Å². The molecule has 0 saturated heterocycles. The number of anilines is 1. The molecule has 150 valence electrons. The number of imidazole rings is 1. The van der Waals surface area contributed by atoms with Gasteiger partial charge in [-0.2, -0.15) is 8.42 Å². The van der Waals surface area contributed by atoms with Crippen LogP contribution in [-0.2, 0) is 25.6 Å². The van der Waals surface area contributed by atoms with Gasteiger partial charge < -0.3 is 9.40 Å². The second kappa shape index (κ2) is 7.21. The lowest BCUT2D eigenvalue weighted by molar-refractivity contribution is 0.484. The lowest BCUT2D eigenvalue weighted by Crippen LogP contribution is -2.16. The Bertz CT molecular complexity index is 1360. The molecule has 8 nitrogen and oxygen atoms in total. The number of sulfonamides is 1. The number of nitrogens with one attached hydrogen (secondary N) is 2. The van der Waals surface area contributed by atoms with E-state index in [4.69, 9.17) is 16.0 Å². The Morgan fingerprint density at radius 3 is 2.59 bits per heavy atom. The van der Waals surface area contributed by atoms with Crippen molar-refractivity contribution >= 4 is 48.1 Å². The highest BCUT2D eigenvalue weighted by atomic mass is 35.5. The Kier molecular flexibility index (Phi) is 4.85. The Morgan fingerprint density at radius 2 is 1.86 bits per heavy atom. The maximum Gasteiger partial charge on any atom is 0.295 e. The summed E-state index contributed by atoms with van der Waals surface area (Å²) in [6.45, 7) is 0. The molecule has 0 saturated carbocycles. The van der Waals surface area contributed by atoms with Crippen molar-refractivity contribution in [1.29, 1.82) is 0 Å². The monoisotopic (exact) mass is 451 g/mol. The van der Waals surface area contributed by atoms with Crippen LogP contribution in [0.4, 0.5) is 5.69 Å². The number of sulfone groups is 1. The van der Waals surface area contributed by atoms with Gasteiger partial charge in [0.25, 0.3) is 10.0 Å². The van der Waals surface area contributed by atoms with Crippen LogP contribution in [0.15, 0.2) is 75.5 Å². The van der Waals surface area contributed by atoms with Gasteiger partial charge in [-0.1, -0.05) is 29.8 Å². The van der Waals surface area contributed by atoms with Gasteiger partial charge in [0.1, 0.15) is 5.58 Å². The summed E-state index contributed by atoms with van der Waals surface area (Å²) in [7, 11) is -8.09. The van der Waals surface area contributed by atoms with Crippen molar-refractivity contribution in [2.24, 2.45) is 0 Å². The Hall–Kier alpha value is -2.82. The minimum absolute atomic E-state index is 0.169. The zero-order chi connectivity index (χ0) is 20.6. The van der Waals surface area contributed by atoms with Gasteiger partial charge in [0.05, 0.1) is 28.4 Å². The first-order chi connectivity index (χ1) is 13.7. The predicted molar refractivity (Wildman–Crippen MR) is 108 cm³/mol. The number of furan rings is 1. The summed E-state index contributed by atoms with van der Waals surface area (Å²) in [4.78, 5) is 6.29. The molecule has 0 fully saturated rings. The molecule has 0 bridgehead atoms. The molecule has 2 aromatic carbocycles. The van der Waals surface area contributed by atoms with Gasteiger partial charge in [-0.15, -0.1) is 0 Å². The first-order valence-corrected chi connectivity index (χ1v) is 11.8. The summed E-state index contributed by atoms with van der Waals surface area (Å²) in [6.07, 6.45) is 2.74. The van der Waals surface area contributed by atoms with E-state index >= 15 is 0 Å². The molecule has 0 aliphatic rings. The number of aromatic amines is 1. The number of H-pyrrole nitrogens is 1. The molecule has 2 aromatic heterocycles. The topological polar surface area (TPSA) is 122 Å². The number of para-hydroxylation sites is 1. The van der Waals surface area contributed by atoms with Crippen LogP contribution in [0.2, 0.25) is 5.02 Å². The summed E-state index contributed by atoms with van der Waals surface area (Å²) >= 11 is 5.98. The highest BCUT2D eigenvalue weighted by Gasteiger charge is 2.26. The quantitative estimate of drug-likeness (QED) is 0.462.